The van der Waals surface area contributed by atoms with Crippen LogP contribution in [0.1, 0.15) is 84.9 Å². The molecule has 0 unspecified atom stereocenters. The minimum Gasteiger partial charge on any atom is -0.341 e. The zero-order valence-corrected chi connectivity index (χ0v) is 19.9. The van der Waals surface area contributed by atoms with Crippen molar-refractivity contribution in [1.82, 2.24) is 14.7 Å². The number of hydrogen-bond donors (Lipinski definition) is 0. The predicted molar refractivity (Wildman–Crippen MR) is 127 cm³/mol. The Hall–Kier alpha value is -2.70. The largest absolute Gasteiger partial charge is 0.341 e. The maximum absolute atomic E-state index is 13.4. The number of amides is 3. The van der Waals surface area contributed by atoms with Crippen LogP contribution in [0.4, 0.5) is 0 Å². The molecule has 3 amide bonds. The van der Waals surface area contributed by atoms with Crippen molar-refractivity contribution in [3.63, 3.8) is 0 Å². The molecule has 7 nitrogen and oxygen atoms in total. The van der Waals surface area contributed by atoms with Crippen LogP contribution in [0.25, 0.3) is 0 Å². The van der Waals surface area contributed by atoms with Crippen LogP contribution in [-0.2, 0) is 9.59 Å². The van der Waals surface area contributed by atoms with E-state index in [0.717, 1.165) is 70.9 Å². The SMILES string of the molecule is O=C(C1CCCC1)[C@H]1CCCN1C(=O)c1cccc(C(=O)N2CCC[C@H]2C(=O)N2CCCC2)c1. The van der Waals surface area contributed by atoms with E-state index in [1.807, 2.05) is 4.90 Å². The van der Waals surface area contributed by atoms with E-state index in [-0.39, 0.29) is 35.5 Å². The standard InChI is InChI=1S/C27H35N3O4/c31-24(19-8-1-2-9-19)22-12-6-16-29(22)25(32)20-10-5-11-21(18-20)26(33)30-17-7-13-23(30)27(34)28-14-3-4-15-28/h5,10-11,18-19,22-23H,1-4,6-9,12-17H2/t22-,23+/m1/s1. The summed E-state index contributed by atoms with van der Waals surface area (Å²) < 4.78 is 0. The average Bonchev–Trinajstić information content (AvgIpc) is 3.68. The highest BCUT2D eigenvalue weighted by Crippen LogP contribution is 2.31. The zero-order chi connectivity index (χ0) is 23.7. The maximum atomic E-state index is 13.4. The number of ketones is 1. The Labute approximate surface area is 201 Å². The van der Waals surface area contributed by atoms with Gasteiger partial charge < -0.3 is 14.7 Å². The van der Waals surface area contributed by atoms with Crippen molar-refractivity contribution in [3.8, 4) is 0 Å². The Kier molecular flexibility index (Phi) is 6.70. The Morgan fingerprint density at radius 3 is 1.82 bits per heavy atom. The van der Waals surface area contributed by atoms with Crippen molar-refractivity contribution in [2.45, 2.75) is 76.3 Å². The molecule has 1 aromatic rings. The quantitative estimate of drug-likeness (QED) is 0.669. The molecule has 2 atom stereocenters. The van der Waals surface area contributed by atoms with Gasteiger partial charge in [-0.25, -0.2) is 0 Å². The predicted octanol–water partition coefficient (Wildman–Crippen LogP) is 3.28. The molecule has 182 valence electrons. The fraction of sp³-hybridized carbons (Fsp3) is 0.630. The average molecular weight is 466 g/mol. The van der Waals surface area contributed by atoms with Gasteiger partial charge in [0.1, 0.15) is 6.04 Å². The van der Waals surface area contributed by atoms with Gasteiger partial charge in [0.25, 0.3) is 11.8 Å². The third-order valence-electron chi connectivity index (χ3n) is 8.17. The second-order valence-electron chi connectivity index (χ2n) is 10.3. The number of Topliss-reactive ketones (excluding diaryl/α,β-unsaturated/α-hetero) is 1. The summed E-state index contributed by atoms with van der Waals surface area (Å²) in [4.78, 5) is 58.1. The molecule has 3 saturated heterocycles. The first-order valence-corrected chi connectivity index (χ1v) is 13.1. The van der Waals surface area contributed by atoms with Crippen molar-refractivity contribution in [1.29, 1.82) is 0 Å². The highest BCUT2D eigenvalue weighted by atomic mass is 16.2. The Bertz CT molecular complexity index is 891. The van der Waals surface area contributed by atoms with Gasteiger partial charge in [0.05, 0.1) is 6.04 Å². The van der Waals surface area contributed by atoms with Gasteiger partial charge in [0.15, 0.2) is 5.78 Å². The minimum absolute atomic E-state index is 0.0564. The van der Waals surface area contributed by atoms with E-state index in [0.29, 0.717) is 30.6 Å². The van der Waals surface area contributed by atoms with Crippen molar-refractivity contribution < 1.29 is 19.2 Å². The van der Waals surface area contributed by atoms with Crippen LogP contribution in [0.3, 0.4) is 0 Å². The van der Waals surface area contributed by atoms with E-state index in [1.165, 1.54) is 0 Å². The van der Waals surface area contributed by atoms with E-state index < -0.39 is 6.04 Å². The lowest BCUT2D eigenvalue weighted by atomic mass is 9.95. The number of nitrogens with zero attached hydrogens (tertiary/aromatic N) is 3. The Morgan fingerprint density at radius 2 is 1.21 bits per heavy atom. The number of carbonyl (C=O) groups is 4. The van der Waals surface area contributed by atoms with E-state index in [2.05, 4.69) is 0 Å². The molecular weight excluding hydrogens is 430 g/mol. The smallest absolute Gasteiger partial charge is 0.254 e. The summed E-state index contributed by atoms with van der Waals surface area (Å²) in [7, 11) is 0. The van der Waals surface area contributed by atoms with E-state index in [4.69, 9.17) is 0 Å². The first-order chi connectivity index (χ1) is 16.5. The van der Waals surface area contributed by atoms with Crippen molar-refractivity contribution >= 4 is 23.5 Å². The molecular formula is C27H35N3O4. The highest BCUT2D eigenvalue weighted by Gasteiger charge is 2.40. The molecule has 0 aromatic heterocycles. The number of likely N-dealkylation sites (tertiary alicyclic amines) is 3. The molecule has 5 rings (SSSR count). The summed E-state index contributed by atoms with van der Waals surface area (Å²) in [6.07, 6.45) is 9.19. The molecule has 7 heteroatoms. The number of rotatable bonds is 5. The minimum atomic E-state index is -0.406. The Balaban J connectivity index is 1.30. The van der Waals surface area contributed by atoms with Gasteiger partial charge in [-0.1, -0.05) is 18.9 Å². The van der Waals surface area contributed by atoms with Gasteiger partial charge in [0.2, 0.25) is 5.91 Å². The van der Waals surface area contributed by atoms with Crippen LogP contribution >= 0.6 is 0 Å². The normalized spacial score (nSPS) is 25.4. The van der Waals surface area contributed by atoms with Crippen molar-refractivity contribution in [3.05, 3.63) is 35.4 Å². The lowest BCUT2D eigenvalue weighted by Gasteiger charge is -2.28. The van der Waals surface area contributed by atoms with Crippen LogP contribution in [0.5, 0.6) is 0 Å². The highest BCUT2D eigenvalue weighted by molar-refractivity contribution is 6.03. The number of hydrogen-bond acceptors (Lipinski definition) is 4. The summed E-state index contributed by atoms with van der Waals surface area (Å²) in [5.41, 5.74) is 0.878. The summed E-state index contributed by atoms with van der Waals surface area (Å²) in [6, 6.07) is 6.09. The number of carbonyl (C=O) groups excluding carboxylic acids is 4. The van der Waals surface area contributed by atoms with Crippen LogP contribution in [0.15, 0.2) is 24.3 Å². The third kappa shape index (κ3) is 4.37. The number of benzene rings is 1. The second kappa shape index (κ2) is 9.88. The van der Waals surface area contributed by atoms with Gasteiger partial charge in [-0.2, -0.15) is 0 Å². The van der Waals surface area contributed by atoms with Gasteiger partial charge in [0, 0.05) is 43.2 Å². The molecule has 34 heavy (non-hydrogen) atoms. The summed E-state index contributed by atoms with van der Waals surface area (Å²) >= 11 is 0. The van der Waals surface area contributed by atoms with Gasteiger partial charge in [-0.3, -0.25) is 19.2 Å². The third-order valence-corrected chi connectivity index (χ3v) is 8.17. The maximum Gasteiger partial charge on any atom is 0.254 e. The fourth-order valence-electron chi connectivity index (χ4n) is 6.32. The van der Waals surface area contributed by atoms with Gasteiger partial charge >= 0.3 is 0 Å². The summed E-state index contributed by atoms with van der Waals surface area (Å²) in [5, 5.41) is 0. The van der Waals surface area contributed by atoms with Crippen molar-refractivity contribution in [2.75, 3.05) is 26.2 Å². The summed E-state index contributed by atoms with van der Waals surface area (Å²) in [6.45, 7) is 2.69. The van der Waals surface area contributed by atoms with Crippen molar-refractivity contribution in [2.24, 2.45) is 5.92 Å². The molecule has 0 bridgehead atoms. The molecule has 4 aliphatic rings. The molecule has 3 heterocycles. The molecule has 0 spiro atoms. The summed E-state index contributed by atoms with van der Waals surface area (Å²) in [5.74, 6) is 0.00250. The zero-order valence-electron chi connectivity index (χ0n) is 19.9. The topological polar surface area (TPSA) is 78.0 Å². The lowest BCUT2D eigenvalue weighted by Crippen LogP contribution is -2.47. The van der Waals surface area contributed by atoms with Crippen LogP contribution < -0.4 is 0 Å². The van der Waals surface area contributed by atoms with E-state index >= 15 is 0 Å². The van der Waals surface area contributed by atoms with Gasteiger partial charge in [-0.15, -0.1) is 0 Å². The first kappa shape index (κ1) is 23.1. The molecule has 4 fully saturated rings. The van der Waals surface area contributed by atoms with Crippen LogP contribution in [0, 0.1) is 5.92 Å². The monoisotopic (exact) mass is 465 g/mol. The lowest BCUT2D eigenvalue weighted by molar-refractivity contribution is -0.134. The molecule has 3 aliphatic heterocycles. The van der Waals surface area contributed by atoms with E-state index in [9.17, 15) is 19.2 Å². The molecule has 0 radical (unpaired) electrons. The van der Waals surface area contributed by atoms with Crippen LogP contribution in [0.2, 0.25) is 0 Å². The van der Waals surface area contributed by atoms with Gasteiger partial charge in [-0.05, 0) is 69.6 Å². The molecule has 1 aliphatic carbocycles. The Morgan fingerprint density at radius 1 is 0.647 bits per heavy atom. The van der Waals surface area contributed by atoms with E-state index in [1.54, 1.807) is 34.1 Å². The molecule has 1 saturated carbocycles. The molecule has 0 N–H and O–H groups in total. The first-order valence-electron chi connectivity index (χ1n) is 13.1. The second-order valence-corrected chi connectivity index (χ2v) is 10.3. The fourth-order valence-corrected chi connectivity index (χ4v) is 6.32. The van der Waals surface area contributed by atoms with Crippen LogP contribution in [-0.4, -0.2) is 76.5 Å². The molecule has 1 aromatic carbocycles.